The van der Waals surface area contributed by atoms with Crippen molar-refractivity contribution in [2.75, 3.05) is 0 Å². The first-order chi connectivity index (χ1) is 10.1. The quantitative estimate of drug-likeness (QED) is 0.778. The van der Waals surface area contributed by atoms with Gasteiger partial charge in [0, 0.05) is 11.8 Å². The van der Waals surface area contributed by atoms with Crippen LogP contribution in [-0.4, -0.2) is 15.1 Å². The van der Waals surface area contributed by atoms with Crippen LogP contribution in [0, 0.1) is 6.92 Å². The fourth-order valence-electron chi connectivity index (χ4n) is 2.89. The van der Waals surface area contributed by atoms with Gasteiger partial charge in [0.1, 0.15) is 5.52 Å². The molecule has 0 aromatic carbocycles. The lowest BCUT2D eigenvalue weighted by molar-refractivity contribution is 0.369. The van der Waals surface area contributed by atoms with Crippen LogP contribution in [0.3, 0.4) is 0 Å². The van der Waals surface area contributed by atoms with E-state index in [9.17, 15) is 0 Å². The Labute approximate surface area is 121 Å². The number of hydrogen-bond donors (Lipinski definition) is 1. The third-order valence-corrected chi connectivity index (χ3v) is 4.09. The predicted octanol–water partition coefficient (Wildman–Crippen LogP) is 2.91. The van der Waals surface area contributed by atoms with Gasteiger partial charge >= 0.3 is 0 Å². The summed E-state index contributed by atoms with van der Waals surface area (Å²) >= 11 is 0. The van der Waals surface area contributed by atoms with Crippen molar-refractivity contribution in [3.8, 4) is 11.7 Å². The van der Waals surface area contributed by atoms with Gasteiger partial charge in [-0.25, -0.2) is 4.98 Å². The number of furan rings is 1. The van der Waals surface area contributed by atoms with Crippen LogP contribution < -0.4 is 5.73 Å². The van der Waals surface area contributed by atoms with Gasteiger partial charge < -0.3 is 14.7 Å². The number of aromatic nitrogens is 3. The van der Waals surface area contributed by atoms with Crippen molar-refractivity contribution in [2.45, 2.75) is 38.1 Å². The first kappa shape index (κ1) is 12.5. The number of nitrogens with zero attached hydrogens (tertiary/aromatic N) is 3. The Kier molecular flexibility index (Phi) is 2.62. The third kappa shape index (κ3) is 2.03. The van der Waals surface area contributed by atoms with Crippen LogP contribution >= 0.6 is 0 Å². The summed E-state index contributed by atoms with van der Waals surface area (Å²) in [6.07, 6.45) is 4.00. The Hall–Kier alpha value is -2.21. The molecule has 3 heterocycles. The lowest BCUT2D eigenvalue weighted by Gasteiger charge is -2.17. The van der Waals surface area contributed by atoms with Gasteiger partial charge in [-0.15, -0.1) is 0 Å². The van der Waals surface area contributed by atoms with E-state index in [-0.39, 0.29) is 0 Å². The fourth-order valence-corrected chi connectivity index (χ4v) is 2.89. The lowest BCUT2D eigenvalue weighted by atomic mass is 9.99. The summed E-state index contributed by atoms with van der Waals surface area (Å²) in [5.74, 6) is 1.46. The zero-order valence-electron chi connectivity index (χ0n) is 11.8. The van der Waals surface area contributed by atoms with E-state index in [0.29, 0.717) is 23.1 Å². The number of pyridine rings is 1. The maximum absolute atomic E-state index is 6.34. The minimum atomic E-state index is -0.456. The number of rotatable bonds is 2. The van der Waals surface area contributed by atoms with Crippen molar-refractivity contribution in [1.29, 1.82) is 0 Å². The molecule has 3 aromatic heterocycles. The normalized spacial score (nSPS) is 17.6. The van der Waals surface area contributed by atoms with E-state index in [2.05, 4.69) is 15.1 Å². The topological polar surface area (TPSA) is 91.0 Å². The molecule has 0 radical (unpaired) electrons. The second kappa shape index (κ2) is 4.39. The molecule has 1 aliphatic rings. The third-order valence-electron chi connectivity index (χ3n) is 4.09. The molecule has 1 saturated carbocycles. The van der Waals surface area contributed by atoms with Crippen LogP contribution in [0.2, 0.25) is 0 Å². The minimum absolute atomic E-state index is 0.359. The van der Waals surface area contributed by atoms with E-state index in [1.165, 1.54) is 0 Å². The van der Waals surface area contributed by atoms with E-state index in [0.717, 1.165) is 36.9 Å². The van der Waals surface area contributed by atoms with Gasteiger partial charge in [-0.3, -0.25) is 0 Å². The van der Waals surface area contributed by atoms with Crippen molar-refractivity contribution >= 4 is 11.1 Å². The van der Waals surface area contributed by atoms with Crippen LogP contribution in [-0.2, 0) is 5.54 Å². The summed E-state index contributed by atoms with van der Waals surface area (Å²) in [6.45, 7) is 1.94. The van der Waals surface area contributed by atoms with Crippen molar-refractivity contribution in [3.05, 3.63) is 29.7 Å². The highest BCUT2D eigenvalue weighted by atomic mass is 16.5. The molecule has 4 rings (SSSR count). The summed E-state index contributed by atoms with van der Waals surface area (Å²) < 4.78 is 11.0. The van der Waals surface area contributed by atoms with Gasteiger partial charge in [0.05, 0.1) is 5.54 Å². The highest BCUT2D eigenvalue weighted by Gasteiger charge is 2.36. The SMILES string of the molecule is Cc1ccc2oc(-c3nc(C4(N)CCCC4)no3)cc2n1. The molecule has 6 heteroatoms. The molecule has 1 fully saturated rings. The second-order valence-electron chi connectivity index (χ2n) is 5.73. The monoisotopic (exact) mass is 284 g/mol. The molecule has 0 saturated heterocycles. The van der Waals surface area contributed by atoms with Crippen LogP contribution in [0.4, 0.5) is 0 Å². The number of fused-ring (bicyclic) bond motifs is 1. The van der Waals surface area contributed by atoms with Gasteiger partial charge in [0.15, 0.2) is 17.2 Å². The number of hydrogen-bond acceptors (Lipinski definition) is 6. The van der Waals surface area contributed by atoms with Crippen LogP contribution in [0.15, 0.2) is 27.1 Å². The number of aryl methyl sites for hydroxylation is 1. The molecule has 108 valence electrons. The van der Waals surface area contributed by atoms with E-state index in [1.54, 1.807) is 0 Å². The Morgan fingerprint density at radius 2 is 2.00 bits per heavy atom. The average molecular weight is 284 g/mol. The smallest absolute Gasteiger partial charge is 0.293 e. The second-order valence-corrected chi connectivity index (χ2v) is 5.73. The molecule has 0 spiro atoms. The van der Waals surface area contributed by atoms with Gasteiger partial charge in [-0.05, 0) is 31.9 Å². The number of nitrogens with two attached hydrogens (primary N) is 1. The van der Waals surface area contributed by atoms with Crippen LogP contribution in [0.1, 0.15) is 37.2 Å². The molecule has 0 atom stereocenters. The molecular formula is C15H16N4O2. The molecular weight excluding hydrogens is 268 g/mol. The lowest BCUT2D eigenvalue weighted by Crippen LogP contribution is -2.34. The van der Waals surface area contributed by atoms with E-state index < -0.39 is 5.54 Å². The summed E-state index contributed by atoms with van der Waals surface area (Å²) in [5.41, 5.74) is 8.31. The Morgan fingerprint density at radius 1 is 1.19 bits per heavy atom. The molecule has 6 nitrogen and oxygen atoms in total. The van der Waals surface area contributed by atoms with Gasteiger partial charge in [-0.2, -0.15) is 4.98 Å². The molecule has 0 unspecified atom stereocenters. The fraction of sp³-hybridized carbons (Fsp3) is 0.400. The molecule has 0 bridgehead atoms. The minimum Gasteiger partial charge on any atom is -0.449 e. The Morgan fingerprint density at radius 3 is 2.81 bits per heavy atom. The van der Waals surface area contributed by atoms with E-state index in [1.807, 2.05) is 25.1 Å². The largest absolute Gasteiger partial charge is 0.449 e. The first-order valence-corrected chi connectivity index (χ1v) is 7.15. The van der Waals surface area contributed by atoms with Gasteiger partial charge in [-0.1, -0.05) is 18.0 Å². The summed E-state index contributed by atoms with van der Waals surface area (Å²) in [6, 6.07) is 5.61. The standard InChI is InChI=1S/C15H16N4O2/c1-9-4-5-11-10(17-9)8-12(20-11)13-18-14(19-21-13)15(16)6-2-3-7-15/h4-5,8H,2-3,6-7,16H2,1H3. The van der Waals surface area contributed by atoms with Crippen molar-refractivity contribution in [2.24, 2.45) is 5.73 Å². The molecule has 21 heavy (non-hydrogen) atoms. The summed E-state index contributed by atoms with van der Waals surface area (Å²) in [7, 11) is 0. The average Bonchev–Trinajstić information content (AvgIpc) is 3.15. The zero-order valence-corrected chi connectivity index (χ0v) is 11.8. The van der Waals surface area contributed by atoms with E-state index in [4.69, 9.17) is 14.7 Å². The summed E-state index contributed by atoms with van der Waals surface area (Å²) in [4.78, 5) is 8.84. The molecule has 0 amide bonds. The maximum Gasteiger partial charge on any atom is 0.293 e. The molecule has 3 aromatic rings. The highest BCUT2D eigenvalue weighted by Crippen LogP contribution is 2.36. The van der Waals surface area contributed by atoms with Crippen molar-refractivity contribution < 1.29 is 8.94 Å². The van der Waals surface area contributed by atoms with E-state index >= 15 is 0 Å². The van der Waals surface area contributed by atoms with Crippen molar-refractivity contribution in [3.63, 3.8) is 0 Å². The molecule has 1 aliphatic carbocycles. The van der Waals surface area contributed by atoms with Crippen LogP contribution in [0.5, 0.6) is 0 Å². The highest BCUT2D eigenvalue weighted by molar-refractivity contribution is 5.77. The van der Waals surface area contributed by atoms with Gasteiger partial charge in [0.2, 0.25) is 0 Å². The first-order valence-electron chi connectivity index (χ1n) is 7.15. The Bertz CT molecular complexity index is 799. The molecule has 0 aliphatic heterocycles. The predicted molar refractivity (Wildman–Crippen MR) is 76.4 cm³/mol. The summed E-state index contributed by atoms with van der Waals surface area (Å²) in [5, 5.41) is 4.04. The van der Waals surface area contributed by atoms with Gasteiger partial charge in [0.25, 0.3) is 5.89 Å². The Balaban J connectivity index is 1.73. The maximum atomic E-state index is 6.34. The van der Waals surface area contributed by atoms with Crippen LogP contribution in [0.25, 0.3) is 22.8 Å². The zero-order chi connectivity index (χ0) is 14.4. The van der Waals surface area contributed by atoms with Crippen molar-refractivity contribution in [1.82, 2.24) is 15.1 Å². The molecule has 2 N–H and O–H groups in total.